The van der Waals surface area contributed by atoms with Crippen molar-refractivity contribution in [1.29, 1.82) is 0 Å². The molecule has 1 N–H and O–H groups in total. The van der Waals surface area contributed by atoms with Crippen LogP contribution in [-0.2, 0) is 13.1 Å². The van der Waals surface area contributed by atoms with E-state index in [1.54, 1.807) is 12.4 Å². The fourth-order valence-electron chi connectivity index (χ4n) is 3.44. The van der Waals surface area contributed by atoms with Crippen LogP contribution in [0.1, 0.15) is 21.5 Å². The van der Waals surface area contributed by atoms with Crippen LogP contribution in [-0.4, -0.2) is 34.9 Å². The van der Waals surface area contributed by atoms with E-state index in [4.69, 9.17) is 4.98 Å². The Bertz CT molecular complexity index is 1150. The SMILES string of the molecule is CN(C)Cc1ccc(CNC(=O)c2cc(-c3ccncc3)nc3ccccc23)cc1. The Morgan fingerprint density at radius 2 is 1.63 bits per heavy atom. The molecule has 4 rings (SSSR count). The third kappa shape index (κ3) is 4.53. The zero-order chi connectivity index (χ0) is 20.9. The molecule has 0 saturated carbocycles. The molecule has 0 fully saturated rings. The highest BCUT2D eigenvalue weighted by Crippen LogP contribution is 2.24. The van der Waals surface area contributed by atoms with Gasteiger partial charge in [0.05, 0.1) is 16.8 Å². The predicted octanol–water partition coefficient (Wildman–Crippen LogP) is 4.29. The van der Waals surface area contributed by atoms with Crippen LogP contribution in [0.5, 0.6) is 0 Å². The van der Waals surface area contributed by atoms with Gasteiger partial charge in [-0.15, -0.1) is 0 Å². The van der Waals surface area contributed by atoms with E-state index in [9.17, 15) is 4.79 Å². The third-order valence-electron chi connectivity index (χ3n) is 4.91. The van der Waals surface area contributed by atoms with Crippen molar-refractivity contribution in [2.24, 2.45) is 0 Å². The molecule has 0 aliphatic heterocycles. The number of amides is 1. The number of nitrogens with zero attached hydrogens (tertiary/aromatic N) is 3. The number of para-hydroxylation sites is 1. The lowest BCUT2D eigenvalue weighted by Crippen LogP contribution is -2.23. The van der Waals surface area contributed by atoms with Crippen molar-refractivity contribution in [3.05, 3.63) is 95.8 Å². The molecule has 0 aliphatic carbocycles. The van der Waals surface area contributed by atoms with Gasteiger partial charge in [-0.3, -0.25) is 9.78 Å². The van der Waals surface area contributed by atoms with E-state index in [1.807, 2.05) is 56.6 Å². The van der Waals surface area contributed by atoms with Crippen LogP contribution >= 0.6 is 0 Å². The standard InChI is InChI=1S/C25H24N4O/c1-29(2)17-19-9-7-18(8-10-19)16-27-25(30)22-15-24(20-11-13-26-14-12-20)28-23-6-4-3-5-21(22)23/h3-15H,16-17H2,1-2H3,(H,27,30). The summed E-state index contributed by atoms with van der Waals surface area (Å²) in [6.07, 6.45) is 3.46. The molecule has 2 aromatic carbocycles. The second-order valence-electron chi connectivity index (χ2n) is 7.55. The number of fused-ring (bicyclic) bond motifs is 1. The number of nitrogens with one attached hydrogen (secondary N) is 1. The first-order valence-electron chi connectivity index (χ1n) is 9.91. The first-order chi connectivity index (χ1) is 14.6. The number of hydrogen-bond donors (Lipinski definition) is 1. The highest BCUT2D eigenvalue weighted by atomic mass is 16.1. The normalized spacial score (nSPS) is 11.0. The summed E-state index contributed by atoms with van der Waals surface area (Å²) in [4.78, 5) is 24.0. The topological polar surface area (TPSA) is 58.1 Å². The van der Waals surface area contributed by atoms with Gasteiger partial charge in [0.1, 0.15) is 0 Å². The number of carbonyl (C=O) groups excluding carboxylic acids is 1. The molecule has 30 heavy (non-hydrogen) atoms. The molecule has 0 radical (unpaired) electrons. The Kier molecular flexibility index (Phi) is 5.82. The van der Waals surface area contributed by atoms with Gasteiger partial charge in [0.2, 0.25) is 0 Å². The van der Waals surface area contributed by atoms with Gasteiger partial charge in [-0.1, -0.05) is 42.5 Å². The quantitative estimate of drug-likeness (QED) is 0.528. The summed E-state index contributed by atoms with van der Waals surface area (Å²) in [6, 6.07) is 21.7. The molecular weight excluding hydrogens is 372 g/mol. The fourth-order valence-corrected chi connectivity index (χ4v) is 3.44. The van der Waals surface area contributed by atoms with E-state index in [2.05, 4.69) is 39.5 Å². The van der Waals surface area contributed by atoms with Gasteiger partial charge in [0, 0.05) is 36.4 Å². The van der Waals surface area contributed by atoms with E-state index in [0.717, 1.165) is 34.3 Å². The summed E-state index contributed by atoms with van der Waals surface area (Å²) >= 11 is 0. The minimum Gasteiger partial charge on any atom is -0.348 e. The smallest absolute Gasteiger partial charge is 0.252 e. The molecular formula is C25H24N4O. The average molecular weight is 396 g/mol. The van der Waals surface area contributed by atoms with E-state index in [1.165, 1.54) is 5.56 Å². The zero-order valence-electron chi connectivity index (χ0n) is 17.2. The van der Waals surface area contributed by atoms with E-state index in [-0.39, 0.29) is 5.91 Å². The number of carbonyl (C=O) groups is 1. The molecule has 1 amide bonds. The van der Waals surface area contributed by atoms with Gasteiger partial charge in [0.25, 0.3) is 5.91 Å². The zero-order valence-corrected chi connectivity index (χ0v) is 17.2. The highest BCUT2D eigenvalue weighted by Gasteiger charge is 2.14. The minimum absolute atomic E-state index is 0.110. The lowest BCUT2D eigenvalue weighted by atomic mass is 10.0. The van der Waals surface area contributed by atoms with Crippen LogP contribution in [0.15, 0.2) is 79.1 Å². The molecule has 0 saturated heterocycles. The van der Waals surface area contributed by atoms with Crippen molar-refractivity contribution in [3.63, 3.8) is 0 Å². The van der Waals surface area contributed by atoms with Gasteiger partial charge in [-0.05, 0) is 49.5 Å². The lowest BCUT2D eigenvalue weighted by molar-refractivity contribution is 0.0952. The number of rotatable bonds is 6. The van der Waals surface area contributed by atoms with Crippen LogP contribution in [0.4, 0.5) is 0 Å². The number of hydrogen-bond acceptors (Lipinski definition) is 4. The second-order valence-corrected chi connectivity index (χ2v) is 7.55. The van der Waals surface area contributed by atoms with Crippen LogP contribution < -0.4 is 5.32 Å². The second kappa shape index (κ2) is 8.84. The van der Waals surface area contributed by atoms with Crippen molar-refractivity contribution in [3.8, 4) is 11.3 Å². The number of benzene rings is 2. The average Bonchev–Trinajstić information content (AvgIpc) is 2.78. The summed E-state index contributed by atoms with van der Waals surface area (Å²) in [5.74, 6) is -0.110. The molecule has 4 aromatic rings. The Balaban J connectivity index is 1.58. The lowest BCUT2D eigenvalue weighted by Gasteiger charge is -2.12. The van der Waals surface area contributed by atoms with Crippen molar-refractivity contribution in [2.45, 2.75) is 13.1 Å². The summed E-state index contributed by atoms with van der Waals surface area (Å²) < 4.78 is 0. The molecule has 5 heteroatoms. The Morgan fingerprint density at radius 1 is 0.933 bits per heavy atom. The van der Waals surface area contributed by atoms with E-state index >= 15 is 0 Å². The predicted molar refractivity (Wildman–Crippen MR) is 120 cm³/mol. The first kappa shape index (κ1) is 19.7. The Hall–Kier alpha value is -3.57. The molecule has 0 atom stereocenters. The molecule has 0 bridgehead atoms. The first-order valence-corrected chi connectivity index (χ1v) is 9.91. The van der Waals surface area contributed by atoms with Crippen LogP contribution in [0.25, 0.3) is 22.2 Å². The Labute approximate surface area is 176 Å². The van der Waals surface area contributed by atoms with Crippen molar-refractivity contribution in [1.82, 2.24) is 20.2 Å². The van der Waals surface area contributed by atoms with Gasteiger partial charge in [0.15, 0.2) is 0 Å². The highest BCUT2D eigenvalue weighted by molar-refractivity contribution is 6.07. The van der Waals surface area contributed by atoms with Crippen molar-refractivity contribution < 1.29 is 4.79 Å². The van der Waals surface area contributed by atoms with Gasteiger partial charge in [-0.25, -0.2) is 4.98 Å². The van der Waals surface area contributed by atoms with Crippen molar-refractivity contribution in [2.75, 3.05) is 14.1 Å². The Morgan fingerprint density at radius 3 is 2.37 bits per heavy atom. The van der Waals surface area contributed by atoms with Crippen LogP contribution in [0.3, 0.4) is 0 Å². The molecule has 0 aliphatic rings. The van der Waals surface area contributed by atoms with Crippen molar-refractivity contribution >= 4 is 16.8 Å². The van der Waals surface area contributed by atoms with Crippen LogP contribution in [0, 0.1) is 0 Å². The summed E-state index contributed by atoms with van der Waals surface area (Å²) in [7, 11) is 4.10. The maximum absolute atomic E-state index is 13.1. The molecule has 2 aromatic heterocycles. The monoisotopic (exact) mass is 396 g/mol. The number of aromatic nitrogens is 2. The van der Waals surface area contributed by atoms with E-state index in [0.29, 0.717) is 12.1 Å². The fraction of sp³-hybridized carbons (Fsp3) is 0.160. The summed E-state index contributed by atoms with van der Waals surface area (Å²) in [5.41, 5.74) is 5.42. The molecule has 0 spiro atoms. The maximum Gasteiger partial charge on any atom is 0.252 e. The van der Waals surface area contributed by atoms with Crippen LogP contribution in [0.2, 0.25) is 0 Å². The largest absolute Gasteiger partial charge is 0.348 e. The van der Waals surface area contributed by atoms with Gasteiger partial charge in [-0.2, -0.15) is 0 Å². The molecule has 2 heterocycles. The minimum atomic E-state index is -0.110. The van der Waals surface area contributed by atoms with Gasteiger partial charge < -0.3 is 10.2 Å². The summed E-state index contributed by atoms with van der Waals surface area (Å²) in [5, 5.41) is 3.90. The summed E-state index contributed by atoms with van der Waals surface area (Å²) in [6.45, 7) is 1.37. The number of pyridine rings is 2. The van der Waals surface area contributed by atoms with Gasteiger partial charge >= 0.3 is 0 Å². The third-order valence-corrected chi connectivity index (χ3v) is 4.91. The molecule has 5 nitrogen and oxygen atoms in total. The molecule has 0 unspecified atom stereocenters. The molecule has 150 valence electrons. The van der Waals surface area contributed by atoms with E-state index < -0.39 is 0 Å². The maximum atomic E-state index is 13.1.